The van der Waals surface area contributed by atoms with Crippen molar-refractivity contribution < 1.29 is 19.4 Å². The molecule has 1 fully saturated rings. The molecule has 0 saturated carbocycles. The first-order valence-corrected chi connectivity index (χ1v) is 6.23. The van der Waals surface area contributed by atoms with Crippen LogP contribution in [0.3, 0.4) is 0 Å². The predicted molar refractivity (Wildman–Crippen MR) is 68.4 cm³/mol. The van der Waals surface area contributed by atoms with E-state index >= 15 is 0 Å². The van der Waals surface area contributed by atoms with Crippen molar-refractivity contribution in [1.82, 2.24) is 4.90 Å². The Kier molecular flexibility index (Phi) is 3.85. The van der Waals surface area contributed by atoms with Gasteiger partial charge in [0, 0.05) is 6.54 Å². The number of benzene rings is 1. The fraction of sp³-hybridized carbons (Fsp3) is 0.429. The Morgan fingerprint density at radius 1 is 1.37 bits per heavy atom. The van der Waals surface area contributed by atoms with E-state index in [1.165, 1.54) is 4.90 Å². The fourth-order valence-electron chi connectivity index (χ4n) is 2.16. The van der Waals surface area contributed by atoms with E-state index < -0.39 is 18.1 Å². The molecule has 1 amide bonds. The molecule has 0 bridgehead atoms. The van der Waals surface area contributed by atoms with Crippen LogP contribution in [-0.4, -0.2) is 40.1 Å². The second kappa shape index (κ2) is 5.40. The number of nitrogens with zero attached hydrogens (tertiary/aromatic N) is 1. The zero-order valence-corrected chi connectivity index (χ0v) is 10.9. The van der Waals surface area contributed by atoms with Crippen LogP contribution in [0.25, 0.3) is 0 Å². The molecule has 0 unspecified atom stereocenters. The molecular weight excluding hydrogens is 246 g/mol. The lowest BCUT2D eigenvalue weighted by Gasteiger charge is -2.44. The number of likely N-dealkylation sites (tertiary alicyclic amines) is 1. The van der Waals surface area contributed by atoms with Gasteiger partial charge in [-0.05, 0) is 19.4 Å². The largest absolute Gasteiger partial charge is 0.480 e. The third-order valence-corrected chi connectivity index (χ3v) is 3.02. The van der Waals surface area contributed by atoms with E-state index in [9.17, 15) is 14.7 Å². The molecule has 102 valence electrons. The molecule has 1 aromatic carbocycles. The highest BCUT2D eigenvalue weighted by Gasteiger charge is 2.52. The number of hydrogen-bond donors (Lipinski definition) is 1. The molecule has 1 heterocycles. The minimum atomic E-state index is -1.03. The van der Waals surface area contributed by atoms with Crippen LogP contribution in [0.1, 0.15) is 19.4 Å². The van der Waals surface area contributed by atoms with Crippen molar-refractivity contribution in [3.8, 4) is 0 Å². The van der Waals surface area contributed by atoms with Crippen LogP contribution in [0.5, 0.6) is 0 Å². The van der Waals surface area contributed by atoms with Crippen LogP contribution in [0.15, 0.2) is 30.3 Å². The summed E-state index contributed by atoms with van der Waals surface area (Å²) in [5, 5.41) is 9.21. The predicted octanol–water partition coefficient (Wildman–Crippen LogP) is 1.28. The molecule has 2 rings (SSSR count). The second-order valence-corrected chi connectivity index (χ2v) is 4.84. The average molecular weight is 263 g/mol. The lowest BCUT2D eigenvalue weighted by atomic mass is 9.96. The summed E-state index contributed by atoms with van der Waals surface area (Å²) in [4.78, 5) is 24.5. The molecule has 1 aromatic rings. The highest BCUT2D eigenvalue weighted by molar-refractivity contribution is 5.98. The molecule has 0 aromatic heterocycles. The molecule has 0 spiro atoms. The van der Waals surface area contributed by atoms with E-state index in [1.54, 1.807) is 13.8 Å². The lowest BCUT2D eigenvalue weighted by molar-refractivity contribution is -0.190. The van der Waals surface area contributed by atoms with Crippen molar-refractivity contribution in [1.29, 1.82) is 0 Å². The maximum atomic E-state index is 12.0. The summed E-state index contributed by atoms with van der Waals surface area (Å²) in [5.41, 5.74) is 0.907. The summed E-state index contributed by atoms with van der Waals surface area (Å²) in [6.45, 7) is 3.87. The van der Waals surface area contributed by atoms with Crippen LogP contribution >= 0.6 is 0 Å². The SMILES string of the molecule is CC(C)O[C@H]1C(=O)N(Cc2ccccc2)[C@@H]1C(=O)O. The van der Waals surface area contributed by atoms with Crippen molar-refractivity contribution in [3.63, 3.8) is 0 Å². The number of β-lactam (4-membered cyclic amide) rings is 1. The first kappa shape index (κ1) is 13.5. The van der Waals surface area contributed by atoms with Crippen LogP contribution in [0, 0.1) is 0 Å². The monoisotopic (exact) mass is 263 g/mol. The fourth-order valence-corrected chi connectivity index (χ4v) is 2.16. The summed E-state index contributed by atoms with van der Waals surface area (Å²) in [7, 11) is 0. The smallest absolute Gasteiger partial charge is 0.329 e. The van der Waals surface area contributed by atoms with E-state index in [1.807, 2.05) is 30.3 Å². The first-order chi connectivity index (χ1) is 9.00. The van der Waals surface area contributed by atoms with Gasteiger partial charge < -0.3 is 14.7 Å². The van der Waals surface area contributed by atoms with E-state index in [0.717, 1.165) is 5.56 Å². The average Bonchev–Trinajstić information content (AvgIpc) is 2.37. The summed E-state index contributed by atoms with van der Waals surface area (Å²) in [5.74, 6) is -1.29. The molecule has 1 aliphatic heterocycles. The minimum absolute atomic E-state index is 0.172. The van der Waals surface area contributed by atoms with Crippen molar-refractivity contribution in [2.24, 2.45) is 0 Å². The van der Waals surface area contributed by atoms with Crippen molar-refractivity contribution in [2.45, 2.75) is 38.6 Å². The number of carbonyl (C=O) groups excluding carboxylic acids is 1. The molecule has 5 heteroatoms. The van der Waals surface area contributed by atoms with Crippen LogP contribution < -0.4 is 0 Å². The molecule has 19 heavy (non-hydrogen) atoms. The summed E-state index contributed by atoms with van der Waals surface area (Å²) in [6, 6.07) is 8.43. The van der Waals surface area contributed by atoms with Crippen molar-refractivity contribution in [2.75, 3.05) is 0 Å². The van der Waals surface area contributed by atoms with Crippen molar-refractivity contribution >= 4 is 11.9 Å². The van der Waals surface area contributed by atoms with Crippen molar-refractivity contribution in [3.05, 3.63) is 35.9 Å². The molecule has 2 atom stereocenters. The molecule has 0 aliphatic carbocycles. The minimum Gasteiger partial charge on any atom is -0.480 e. The van der Waals surface area contributed by atoms with Gasteiger partial charge in [0.15, 0.2) is 12.1 Å². The summed E-state index contributed by atoms with van der Waals surface area (Å²) in [6.07, 6.45) is -1.03. The van der Waals surface area contributed by atoms with Gasteiger partial charge in [-0.25, -0.2) is 4.79 Å². The van der Waals surface area contributed by atoms with E-state index in [0.29, 0.717) is 6.54 Å². The van der Waals surface area contributed by atoms with Crippen LogP contribution in [0.4, 0.5) is 0 Å². The Hall–Kier alpha value is -1.88. The maximum absolute atomic E-state index is 12.0. The zero-order chi connectivity index (χ0) is 14.0. The van der Waals surface area contributed by atoms with Gasteiger partial charge in [-0.2, -0.15) is 0 Å². The Balaban J connectivity index is 2.09. The number of carbonyl (C=O) groups is 2. The molecule has 1 saturated heterocycles. The molecular formula is C14H17NO4. The number of ether oxygens (including phenoxy) is 1. The standard InChI is InChI=1S/C14H17NO4/c1-9(2)19-12-11(14(17)18)15(13(12)16)8-10-6-4-3-5-7-10/h3-7,9,11-12H,8H2,1-2H3,(H,17,18)/t11-,12+/m0/s1. The van der Waals surface area contributed by atoms with Crippen LogP contribution in [0.2, 0.25) is 0 Å². The Labute approximate surface area is 111 Å². The third-order valence-electron chi connectivity index (χ3n) is 3.02. The van der Waals surface area contributed by atoms with Gasteiger partial charge in [0.1, 0.15) is 0 Å². The third kappa shape index (κ3) is 2.76. The van der Waals surface area contributed by atoms with E-state index in [2.05, 4.69) is 0 Å². The topological polar surface area (TPSA) is 66.8 Å². The molecule has 1 aliphatic rings. The number of aliphatic carboxylic acids is 1. The summed E-state index contributed by atoms with van der Waals surface area (Å²) < 4.78 is 5.37. The van der Waals surface area contributed by atoms with E-state index in [-0.39, 0.29) is 12.0 Å². The molecule has 5 nitrogen and oxygen atoms in total. The van der Waals surface area contributed by atoms with Gasteiger partial charge >= 0.3 is 5.97 Å². The number of carboxylic acid groups (broad SMARTS) is 1. The highest BCUT2D eigenvalue weighted by Crippen LogP contribution is 2.26. The van der Waals surface area contributed by atoms with Gasteiger partial charge in [-0.3, -0.25) is 4.79 Å². The zero-order valence-electron chi connectivity index (χ0n) is 10.9. The lowest BCUT2D eigenvalue weighted by Crippen LogP contribution is -2.68. The second-order valence-electron chi connectivity index (χ2n) is 4.84. The van der Waals surface area contributed by atoms with Gasteiger partial charge in [0.25, 0.3) is 5.91 Å². The number of carboxylic acids is 1. The maximum Gasteiger partial charge on any atom is 0.329 e. The quantitative estimate of drug-likeness (QED) is 0.812. The molecule has 1 N–H and O–H groups in total. The van der Waals surface area contributed by atoms with Gasteiger partial charge in [0.2, 0.25) is 0 Å². The van der Waals surface area contributed by atoms with Gasteiger partial charge in [0.05, 0.1) is 6.10 Å². The number of hydrogen-bond acceptors (Lipinski definition) is 3. The Morgan fingerprint density at radius 2 is 2.00 bits per heavy atom. The highest BCUT2D eigenvalue weighted by atomic mass is 16.5. The first-order valence-electron chi connectivity index (χ1n) is 6.23. The number of rotatable bonds is 5. The Morgan fingerprint density at radius 3 is 2.53 bits per heavy atom. The van der Waals surface area contributed by atoms with E-state index in [4.69, 9.17) is 4.74 Å². The Bertz CT molecular complexity index is 472. The van der Waals surface area contributed by atoms with Crippen LogP contribution in [-0.2, 0) is 20.9 Å². The van der Waals surface area contributed by atoms with Gasteiger partial charge in [-0.15, -0.1) is 0 Å². The molecule has 0 radical (unpaired) electrons. The normalized spacial score (nSPS) is 22.5. The van der Waals surface area contributed by atoms with Gasteiger partial charge in [-0.1, -0.05) is 30.3 Å². The summed E-state index contributed by atoms with van der Waals surface area (Å²) >= 11 is 0. The number of amides is 1.